The van der Waals surface area contributed by atoms with Crippen molar-refractivity contribution in [3.8, 4) is 0 Å². The maximum atomic E-state index is 13.8. The first-order valence-corrected chi connectivity index (χ1v) is 7.35. The number of ether oxygens (including phenoxy) is 2. The molecule has 2 rings (SSSR count). The average molecular weight is 338 g/mol. The van der Waals surface area contributed by atoms with Gasteiger partial charge in [-0.1, -0.05) is 30.3 Å². The van der Waals surface area contributed by atoms with Crippen LogP contribution in [0.4, 0.5) is 13.2 Å². The fourth-order valence-corrected chi connectivity index (χ4v) is 2.21. The first-order valence-electron chi connectivity index (χ1n) is 7.35. The standard InChI is InChI=1S/C18H17F3O3/c1-23-18(22)9-14(24-11-12-5-3-2-4-6-12)7-13-8-16(20)17(21)10-15(13)19/h2-6,8,10,14H,7,9,11H2,1H3/t14-/m1/s1. The van der Waals surface area contributed by atoms with E-state index in [0.717, 1.165) is 11.6 Å². The number of carbonyl (C=O) groups is 1. The average Bonchev–Trinajstić information content (AvgIpc) is 2.58. The van der Waals surface area contributed by atoms with Crippen LogP contribution in [0.1, 0.15) is 17.5 Å². The van der Waals surface area contributed by atoms with Crippen LogP contribution in [-0.2, 0) is 27.3 Å². The van der Waals surface area contributed by atoms with E-state index in [2.05, 4.69) is 4.74 Å². The Balaban J connectivity index is 2.11. The van der Waals surface area contributed by atoms with Gasteiger partial charge in [0.25, 0.3) is 0 Å². The van der Waals surface area contributed by atoms with Crippen LogP contribution < -0.4 is 0 Å². The van der Waals surface area contributed by atoms with Crippen LogP contribution in [0.3, 0.4) is 0 Å². The number of halogens is 3. The molecule has 0 heterocycles. The van der Waals surface area contributed by atoms with Crippen LogP contribution in [0.15, 0.2) is 42.5 Å². The molecule has 0 spiro atoms. The summed E-state index contributed by atoms with van der Waals surface area (Å²) in [4.78, 5) is 11.5. The summed E-state index contributed by atoms with van der Waals surface area (Å²) in [6, 6.07) is 10.5. The summed E-state index contributed by atoms with van der Waals surface area (Å²) in [5.41, 5.74) is 0.814. The Morgan fingerprint density at radius 3 is 2.38 bits per heavy atom. The highest BCUT2D eigenvalue weighted by Gasteiger charge is 2.19. The van der Waals surface area contributed by atoms with Gasteiger partial charge in [0.05, 0.1) is 26.2 Å². The molecule has 3 nitrogen and oxygen atoms in total. The summed E-state index contributed by atoms with van der Waals surface area (Å²) < 4.78 is 50.4. The van der Waals surface area contributed by atoms with Crippen molar-refractivity contribution in [1.82, 2.24) is 0 Å². The Morgan fingerprint density at radius 2 is 1.71 bits per heavy atom. The third-order valence-electron chi connectivity index (χ3n) is 3.49. The SMILES string of the molecule is COC(=O)C[C@@H](Cc1cc(F)c(F)cc1F)OCc1ccccc1. The maximum absolute atomic E-state index is 13.8. The molecule has 0 fully saturated rings. The van der Waals surface area contributed by atoms with Crippen LogP contribution in [0.2, 0.25) is 0 Å². The second-order valence-electron chi connectivity index (χ2n) is 5.26. The molecule has 128 valence electrons. The molecule has 0 radical (unpaired) electrons. The van der Waals surface area contributed by atoms with E-state index in [1.54, 1.807) is 0 Å². The van der Waals surface area contributed by atoms with E-state index < -0.39 is 29.5 Å². The van der Waals surface area contributed by atoms with E-state index in [1.165, 1.54) is 7.11 Å². The Morgan fingerprint density at radius 1 is 1.04 bits per heavy atom. The van der Waals surface area contributed by atoms with Crippen molar-refractivity contribution in [3.63, 3.8) is 0 Å². The van der Waals surface area contributed by atoms with Gasteiger partial charge in [-0.2, -0.15) is 0 Å². The molecular weight excluding hydrogens is 321 g/mol. The second kappa shape index (κ2) is 8.49. The number of benzene rings is 2. The van der Waals surface area contributed by atoms with Gasteiger partial charge in [0.1, 0.15) is 5.82 Å². The molecule has 1 atom stereocenters. The molecule has 0 amide bonds. The molecule has 0 aliphatic rings. The van der Waals surface area contributed by atoms with E-state index in [1.807, 2.05) is 30.3 Å². The fourth-order valence-electron chi connectivity index (χ4n) is 2.21. The number of rotatable bonds is 7. The zero-order valence-electron chi connectivity index (χ0n) is 13.1. The van der Waals surface area contributed by atoms with Gasteiger partial charge >= 0.3 is 5.97 Å². The van der Waals surface area contributed by atoms with Crippen molar-refractivity contribution in [2.75, 3.05) is 7.11 Å². The van der Waals surface area contributed by atoms with E-state index in [9.17, 15) is 18.0 Å². The minimum atomic E-state index is -1.26. The minimum absolute atomic E-state index is 0.0594. The van der Waals surface area contributed by atoms with Crippen LogP contribution in [-0.4, -0.2) is 19.2 Å². The molecule has 2 aromatic carbocycles. The Bertz CT molecular complexity index is 689. The molecule has 2 aromatic rings. The molecule has 0 saturated heterocycles. The van der Waals surface area contributed by atoms with Crippen molar-refractivity contribution in [1.29, 1.82) is 0 Å². The summed E-state index contributed by atoms with van der Waals surface area (Å²) in [7, 11) is 1.23. The van der Waals surface area contributed by atoms with Gasteiger partial charge in [-0.3, -0.25) is 4.79 Å². The fraction of sp³-hybridized carbons (Fsp3) is 0.278. The highest BCUT2D eigenvalue weighted by Crippen LogP contribution is 2.18. The van der Waals surface area contributed by atoms with Crippen LogP contribution >= 0.6 is 0 Å². The third-order valence-corrected chi connectivity index (χ3v) is 3.49. The number of hydrogen-bond acceptors (Lipinski definition) is 3. The summed E-state index contributed by atoms with van der Waals surface area (Å²) in [5, 5.41) is 0. The number of methoxy groups -OCH3 is 1. The van der Waals surface area contributed by atoms with E-state index in [0.29, 0.717) is 6.07 Å². The molecular formula is C18H17F3O3. The summed E-state index contributed by atoms with van der Waals surface area (Å²) in [6.45, 7) is 0.202. The van der Waals surface area contributed by atoms with E-state index >= 15 is 0 Å². The third kappa shape index (κ3) is 5.09. The number of esters is 1. The monoisotopic (exact) mass is 338 g/mol. The molecule has 0 aromatic heterocycles. The van der Waals surface area contributed by atoms with Gasteiger partial charge in [0, 0.05) is 12.5 Å². The molecule has 6 heteroatoms. The zero-order chi connectivity index (χ0) is 17.5. The normalized spacial score (nSPS) is 12.0. The highest BCUT2D eigenvalue weighted by molar-refractivity contribution is 5.69. The molecule has 0 bridgehead atoms. The lowest BCUT2D eigenvalue weighted by Crippen LogP contribution is -2.22. The molecule has 0 unspecified atom stereocenters. The van der Waals surface area contributed by atoms with Crippen molar-refractivity contribution < 1.29 is 27.4 Å². The quantitative estimate of drug-likeness (QED) is 0.569. The van der Waals surface area contributed by atoms with Gasteiger partial charge in [-0.25, -0.2) is 13.2 Å². The van der Waals surface area contributed by atoms with Gasteiger partial charge < -0.3 is 9.47 Å². The molecule has 0 saturated carbocycles. The lowest BCUT2D eigenvalue weighted by Gasteiger charge is -2.17. The molecule has 0 aliphatic carbocycles. The second-order valence-corrected chi connectivity index (χ2v) is 5.26. The number of carbonyl (C=O) groups excluding carboxylic acids is 1. The summed E-state index contributed by atoms with van der Waals surface area (Å²) in [6.07, 6.45) is -0.927. The van der Waals surface area contributed by atoms with Gasteiger partial charge in [-0.05, 0) is 17.2 Å². The zero-order valence-corrected chi connectivity index (χ0v) is 13.1. The van der Waals surface area contributed by atoms with Crippen molar-refractivity contribution in [2.45, 2.75) is 25.6 Å². The molecule has 0 N–H and O–H groups in total. The van der Waals surface area contributed by atoms with Gasteiger partial charge in [0.2, 0.25) is 0 Å². The summed E-state index contributed by atoms with van der Waals surface area (Å²) in [5.74, 6) is -3.82. The minimum Gasteiger partial charge on any atom is -0.469 e. The van der Waals surface area contributed by atoms with Crippen molar-refractivity contribution in [2.24, 2.45) is 0 Å². The van der Waals surface area contributed by atoms with Crippen LogP contribution in [0.25, 0.3) is 0 Å². The van der Waals surface area contributed by atoms with Crippen LogP contribution in [0, 0.1) is 17.5 Å². The van der Waals surface area contributed by atoms with E-state index in [4.69, 9.17) is 4.74 Å². The Kier molecular flexibility index (Phi) is 6.37. The molecule has 0 aliphatic heterocycles. The number of hydrogen-bond donors (Lipinski definition) is 0. The molecule has 24 heavy (non-hydrogen) atoms. The topological polar surface area (TPSA) is 35.5 Å². The lowest BCUT2D eigenvalue weighted by molar-refractivity contribution is -0.144. The van der Waals surface area contributed by atoms with Crippen molar-refractivity contribution in [3.05, 3.63) is 71.0 Å². The van der Waals surface area contributed by atoms with Crippen molar-refractivity contribution >= 4 is 5.97 Å². The predicted octanol–water partition coefficient (Wildman–Crippen LogP) is 3.79. The first-order chi connectivity index (χ1) is 11.5. The van der Waals surface area contributed by atoms with Crippen LogP contribution in [0.5, 0.6) is 0 Å². The first kappa shape index (κ1) is 18.0. The van der Waals surface area contributed by atoms with Gasteiger partial charge in [-0.15, -0.1) is 0 Å². The smallest absolute Gasteiger partial charge is 0.308 e. The van der Waals surface area contributed by atoms with Gasteiger partial charge in [0.15, 0.2) is 11.6 Å². The predicted molar refractivity (Wildman–Crippen MR) is 81.7 cm³/mol. The Hall–Kier alpha value is -2.34. The highest BCUT2D eigenvalue weighted by atomic mass is 19.2. The Labute approximate surface area is 138 Å². The van der Waals surface area contributed by atoms with E-state index in [-0.39, 0.29) is 25.0 Å². The lowest BCUT2D eigenvalue weighted by atomic mass is 10.0. The largest absolute Gasteiger partial charge is 0.469 e. The maximum Gasteiger partial charge on any atom is 0.308 e. The summed E-state index contributed by atoms with van der Waals surface area (Å²) >= 11 is 0.